The Bertz CT molecular complexity index is 836. The van der Waals surface area contributed by atoms with Crippen molar-refractivity contribution in [3.05, 3.63) is 59.2 Å². The summed E-state index contributed by atoms with van der Waals surface area (Å²) in [6, 6.07) is 14.9. The number of amides is 1. The lowest BCUT2D eigenvalue weighted by Crippen LogP contribution is -3.11. The van der Waals surface area contributed by atoms with Gasteiger partial charge in [-0.1, -0.05) is 24.3 Å². The van der Waals surface area contributed by atoms with Crippen molar-refractivity contribution in [3.63, 3.8) is 0 Å². The van der Waals surface area contributed by atoms with E-state index in [9.17, 15) is 4.79 Å². The van der Waals surface area contributed by atoms with Gasteiger partial charge in [0.2, 0.25) is 0 Å². The number of likely N-dealkylation sites (tertiary alicyclic amines) is 1. The van der Waals surface area contributed by atoms with Crippen LogP contribution in [0.15, 0.2) is 42.5 Å². The molecule has 1 fully saturated rings. The molecule has 4 rings (SSSR count). The topological polar surface area (TPSA) is 52.0 Å². The quantitative estimate of drug-likeness (QED) is 0.803. The van der Waals surface area contributed by atoms with Gasteiger partial charge >= 0.3 is 0 Å². The normalized spacial score (nSPS) is 20.8. The summed E-state index contributed by atoms with van der Waals surface area (Å²) in [5.74, 6) is 1.79. The molecule has 2 atom stereocenters. The molecule has 5 heteroatoms. The SMILES string of the molecule is Cc1ccccc1CCNC(=O)C[NH+]1CCC[C@H]1c1ccc2c(c1)OCCO2. The van der Waals surface area contributed by atoms with Gasteiger partial charge in [-0.25, -0.2) is 0 Å². The van der Waals surface area contributed by atoms with Gasteiger partial charge in [-0.2, -0.15) is 0 Å². The van der Waals surface area contributed by atoms with E-state index in [0.717, 1.165) is 37.3 Å². The second-order valence-electron chi connectivity index (χ2n) is 7.71. The maximum Gasteiger partial charge on any atom is 0.275 e. The Morgan fingerprint density at radius 3 is 2.82 bits per heavy atom. The zero-order valence-corrected chi connectivity index (χ0v) is 16.5. The lowest BCUT2D eigenvalue weighted by atomic mass is 10.0. The first kappa shape index (κ1) is 18.8. The molecule has 2 heterocycles. The summed E-state index contributed by atoms with van der Waals surface area (Å²) in [4.78, 5) is 13.8. The molecule has 1 saturated heterocycles. The zero-order chi connectivity index (χ0) is 19.3. The van der Waals surface area contributed by atoms with Crippen molar-refractivity contribution in [2.75, 3.05) is 32.8 Å². The highest BCUT2D eigenvalue weighted by atomic mass is 16.6. The summed E-state index contributed by atoms with van der Waals surface area (Å²) in [5, 5.41) is 3.10. The maximum atomic E-state index is 12.5. The van der Waals surface area contributed by atoms with Gasteiger partial charge in [-0.15, -0.1) is 0 Å². The molecule has 5 nitrogen and oxygen atoms in total. The smallest absolute Gasteiger partial charge is 0.275 e. The average Bonchev–Trinajstić information content (AvgIpc) is 3.17. The molecule has 2 aliphatic heterocycles. The highest BCUT2D eigenvalue weighted by Crippen LogP contribution is 2.33. The van der Waals surface area contributed by atoms with E-state index >= 15 is 0 Å². The summed E-state index contributed by atoms with van der Waals surface area (Å²) in [6.45, 7) is 5.56. The van der Waals surface area contributed by atoms with Gasteiger partial charge in [0, 0.05) is 24.9 Å². The molecule has 1 unspecified atom stereocenters. The number of carbonyl (C=O) groups is 1. The number of nitrogens with one attached hydrogen (secondary N) is 2. The number of quaternary nitrogens is 1. The number of carbonyl (C=O) groups excluding carboxylic acids is 1. The number of hydrogen-bond acceptors (Lipinski definition) is 3. The average molecular weight is 381 g/mol. The largest absolute Gasteiger partial charge is 0.486 e. The van der Waals surface area contributed by atoms with Gasteiger partial charge in [0.1, 0.15) is 19.3 Å². The van der Waals surface area contributed by atoms with Crippen molar-refractivity contribution in [1.29, 1.82) is 0 Å². The second-order valence-corrected chi connectivity index (χ2v) is 7.71. The Morgan fingerprint density at radius 1 is 1.14 bits per heavy atom. The van der Waals surface area contributed by atoms with Crippen LogP contribution in [0.1, 0.15) is 35.6 Å². The summed E-state index contributed by atoms with van der Waals surface area (Å²) in [6.07, 6.45) is 3.12. The van der Waals surface area contributed by atoms with Crippen LogP contribution in [-0.4, -0.2) is 38.8 Å². The monoisotopic (exact) mass is 381 g/mol. The van der Waals surface area contributed by atoms with Crippen molar-refractivity contribution >= 4 is 5.91 Å². The molecule has 2 aliphatic rings. The van der Waals surface area contributed by atoms with E-state index in [-0.39, 0.29) is 5.91 Å². The third kappa shape index (κ3) is 4.30. The molecular formula is C23H29N2O3+. The summed E-state index contributed by atoms with van der Waals surface area (Å²) < 4.78 is 11.4. The number of rotatable bonds is 6. The highest BCUT2D eigenvalue weighted by Gasteiger charge is 2.32. The van der Waals surface area contributed by atoms with Gasteiger partial charge in [0.25, 0.3) is 5.91 Å². The number of fused-ring (bicyclic) bond motifs is 1. The molecule has 0 saturated carbocycles. The van der Waals surface area contributed by atoms with Crippen molar-refractivity contribution in [2.24, 2.45) is 0 Å². The van der Waals surface area contributed by atoms with E-state index in [2.05, 4.69) is 42.6 Å². The van der Waals surface area contributed by atoms with Crippen molar-refractivity contribution in [1.82, 2.24) is 5.32 Å². The Hall–Kier alpha value is -2.53. The predicted molar refractivity (Wildman–Crippen MR) is 108 cm³/mol. The van der Waals surface area contributed by atoms with Crippen LogP contribution in [0, 0.1) is 6.92 Å². The van der Waals surface area contributed by atoms with E-state index in [1.165, 1.54) is 21.6 Å². The molecule has 0 bridgehead atoms. The summed E-state index contributed by atoms with van der Waals surface area (Å²) in [5.41, 5.74) is 3.82. The Balaban J connectivity index is 1.32. The van der Waals surface area contributed by atoms with E-state index in [1.807, 2.05) is 12.1 Å². The molecular weight excluding hydrogens is 352 g/mol. The molecule has 0 aliphatic carbocycles. The molecule has 148 valence electrons. The fourth-order valence-electron chi connectivity index (χ4n) is 4.30. The molecule has 2 aromatic carbocycles. The molecule has 1 amide bonds. The molecule has 2 aromatic rings. The van der Waals surface area contributed by atoms with Gasteiger partial charge in [0.15, 0.2) is 18.0 Å². The van der Waals surface area contributed by atoms with Crippen LogP contribution < -0.4 is 19.7 Å². The first-order valence-electron chi connectivity index (χ1n) is 10.3. The molecule has 0 spiro atoms. The van der Waals surface area contributed by atoms with E-state index < -0.39 is 0 Å². The molecule has 28 heavy (non-hydrogen) atoms. The van der Waals surface area contributed by atoms with Crippen molar-refractivity contribution < 1.29 is 19.2 Å². The predicted octanol–water partition coefficient (Wildman–Crippen LogP) is 1.84. The van der Waals surface area contributed by atoms with Gasteiger partial charge in [-0.05, 0) is 42.7 Å². The Labute approximate surface area is 166 Å². The van der Waals surface area contributed by atoms with Gasteiger partial charge in [0.05, 0.1) is 6.54 Å². The van der Waals surface area contributed by atoms with Crippen LogP contribution in [0.5, 0.6) is 11.5 Å². The molecule has 2 N–H and O–H groups in total. The van der Waals surface area contributed by atoms with Crippen molar-refractivity contribution in [3.8, 4) is 11.5 Å². The van der Waals surface area contributed by atoms with Crippen LogP contribution in [0.2, 0.25) is 0 Å². The third-order valence-electron chi connectivity index (χ3n) is 5.82. The lowest BCUT2D eigenvalue weighted by molar-refractivity contribution is -0.910. The summed E-state index contributed by atoms with van der Waals surface area (Å²) >= 11 is 0. The van der Waals surface area contributed by atoms with Crippen LogP contribution in [0.25, 0.3) is 0 Å². The van der Waals surface area contributed by atoms with Crippen molar-refractivity contribution in [2.45, 2.75) is 32.2 Å². The van der Waals surface area contributed by atoms with Crippen LogP contribution in [0.4, 0.5) is 0 Å². The number of ether oxygens (including phenoxy) is 2. The highest BCUT2D eigenvalue weighted by molar-refractivity contribution is 5.76. The standard InChI is InChI=1S/C23H28N2O3/c1-17-5-2-3-6-18(17)10-11-24-23(26)16-25-12-4-7-20(25)19-8-9-21-22(15-19)28-14-13-27-21/h2-3,5-6,8-9,15,20H,4,7,10-14,16H2,1H3,(H,24,26)/p+1/t20-/m0/s1. The minimum Gasteiger partial charge on any atom is -0.486 e. The van der Waals surface area contributed by atoms with Crippen LogP contribution in [0.3, 0.4) is 0 Å². The van der Waals surface area contributed by atoms with Crippen LogP contribution >= 0.6 is 0 Å². The number of hydrogen-bond donors (Lipinski definition) is 2. The first-order valence-corrected chi connectivity index (χ1v) is 10.3. The molecule has 0 aromatic heterocycles. The Morgan fingerprint density at radius 2 is 1.96 bits per heavy atom. The second kappa shape index (κ2) is 8.65. The number of aryl methyl sites for hydroxylation is 1. The maximum absolute atomic E-state index is 12.5. The van der Waals surface area contributed by atoms with Crippen LogP contribution in [-0.2, 0) is 11.2 Å². The van der Waals surface area contributed by atoms with E-state index in [1.54, 1.807) is 0 Å². The minimum atomic E-state index is 0.132. The fourth-order valence-corrected chi connectivity index (χ4v) is 4.30. The van der Waals surface area contributed by atoms with Gasteiger partial charge < -0.3 is 19.7 Å². The zero-order valence-electron chi connectivity index (χ0n) is 16.5. The Kier molecular flexibility index (Phi) is 5.81. The third-order valence-corrected chi connectivity index (χ3v) is 5.82. The lowest BCUT2D eigenvalue weighted by Gasteiger charge is -2.24. The van der Waals surface area contributed by atoms with E-state index in [4.69, 9.17) is 9.47 Å². The minimum absolute atomic E-state index is 0.132. The van der Waals surface area contributed by atoms with Gasteiger partial charge in [-0.3, -0.25) is 4.79 Å². The van der Waals surface area contributed by atoms with E-state index in [0.29, 0.717) is 32.3 Å². The summed E-state index contributed by atoms with van der Waals surface area (Å²) in [7, 11) is 0. The number of benzene rings is 2. The fraction of sp³-hybridized carbons (Fsp3) is 0.435. The first-order chi connectivity index (χ1) is 13.7. The molecule has 0 radical (unpaired) electrons.